The second-order valence-corrected chi connectivity index (χ2v) is 6.93. The third-order valence-corrected chi connectivity index (χ3v) is 4.76. The molecule has 0 aliphatic rings. The lowest BCUT2D eigenvalue weighted by molar-refractivity contribution is 0.306. The van der Waals surface area contributed by atoms with Crippen LogP contribution in [0.2, 0.25) is 10.0 Å². The zero-order chi connectivity index (χ0) is 19.1. The van der Waals surface area contributed by atoms with E-state index >= 15 is 0 Å². The van der Waals surface area contributed by atoms with Crippen LogP contribution in [0.1, 0.15) is 16.7 Å². The highest BCUT2D eigenvalue weighted by Gasteiger charge is 2.04. The normalized spacial score (nSPS) is 10.2. The van der Waals surface area contributed by atoms with Crippen molar-refractivity contribution in [3.05, 3.63) is 93.5 Å². The summed E-state index contributed by atoms with van der Waals surface area (Å²) in [6, 6.07) is 21.4. The number of hydrogen-bond donors (Lipinski definition) is 1. The Morgan fingerprint density at radius 1 is 0.857 bits per heavy atom. The van der Waals surface area contributed by atoms with Gasteiger partial charge in [-0.1, -0.05) is 59.6 Å². The van der Waals surface area contributed by atoms with E-state index in [2.05, 4.69) is 11.4 Å². The van der Waals surface area contributed by atoms with E-state index in [0.717, 1.165) is 35.7 Å². The number of hydrogen-bond acceptors (Lipinski definition) is 3. The van der Waals surface area contributed by atoms with Gasteiger partial charge in [-0.3, -0.25) is 0 Å². The van der Waals surface area contributed by atoms with E-state index in [1.165, 1.54) is 5.56 Å². The van der Waals surface area contributed by atoms with E-state index in [4.69, 9.17) is 32.7 Å². The summed E-state index contributed by atoms with van der Waals surface area (Å²) in [6.07, 6.45) is 0. The van der Waals surface area contributed by atoms with E-state index in [9.17, 15) is 0 Å². The number of ether oxygens (including phenoxy) is 2. The molecule has 28 heavy (non-hydrogen) atoms. The predicted octanol–water partition coefficient (Wildman–Crippen LogP) is 6.29. The summed E-state index contributed by atoms with van der Waals surface area (Å²) in [7, 11) is 1.69. The number of nitrogens with one attached hydrogen (secondary N) is 1. The second-order valence-electron chi connectivity index (χ2n) is 6.08. The minimum absolute atomic E-state index is 0. The maximum atomic E-state index is 6.17. The Bertz CT molecular complexity index is 885. The van der Waals surface area contributed by atoms with Crippen LogP contribution in [0.15, 0.2) is 66.7 Å². The van der Waals surface area contributed by atoms with Crippen molar-refractivity contribution in [1.29, 1.82) is 0 Å². The third kappa shape index (κ3) is 6.32. The highest BCUT2D eigenvalue weighted by Crippen LogP contribution is 2.23. The topological polar surface area (TPSA) is 30.5 Å². The Labute approximate surface area is 182 Å². The Morgan fingerprint density at radius 3 is 2.32 bits per heavy atom. The molecule has 6 heteroatoms. The van der Waals surface area contributed by atoms with E-state index in [1.807, 2.05) is 54.6 Å². The maximum Gasteiger partial charge on any atom is 0.123 e. The lowest BCUT2D eigenvalue weighted by Gasteiger charge is -2.11. The van der Waals surface area contributed by atoms with Gasteiger partial charge in [-0.2, -0.15) is 0 Å². The molecular weight excluding hydrogens is 417 g/mol. The van der Waals surface area contributed by atoms with E-state index in [1.54, 1.807) is 13.2 Å². The molecule has 0 aliphatic carbocycles. The maximum absolute atomic E-state index is 6.17. The van der Waals surface area contributed by atoms with Crippen LogP contribution in [0.25, 0.3) is 0 Å². The fraction of sp³-hybridized carbons (Fsp3) is 0.182. The van der Waals surface area contributed by atoms with Gasteiger partial charge >= 0.3 is 0 Å². The van der Waals surface area contributed by atoms with Crippen molar-refractivity contribution in [3.63, 3.8) is 0 Å². The zero-order valence-corrected chi connectivity index (χ0v) is 17.8. The van der Waals surface area contributed by atoms with Gasteiger partial charge in [0.2, 0.25) is 0 Å². The summed E-state index contributed by atoms with van der Waals surface area (Å²) in [5.41, 5.74) is 3.23. The molecule has 0 aromatic heterocycles. The molecule has 0 spiro atoms. The van der Waals surface area contributed by atoms with Gasteiger partial charge in [-0.15, -0.1) is 12.4 Å². The van der Waals surface area contributed by atoms with Crippen LogP contribution in [0.4, 0.5) is 0 Å². The molecule has 3 aromatic carbocycles. The smallest absolute Gasteiger partial charge is 0.123 e. The molecule has 0 amide bonds. The molecule has 1 N–H and O–H groups in total. The summed E-state index contributed by atoms with van der Waals surface area (Å²) < 4.78 is 11.2. The predicted molar refractivity (Wildman–Crippen MR) is 118 cm³/mol. The van der Waals surface area contributed by atoms with Crippen molar-refractivity contribution in [2.45, 2.75) is 19.7 Å². The van der Waals surface area contributed by atoms with Crippen LogP contribution in [-0.4, -0.2) is 7.11 Å². The SMILES string of the molecule is COc1ccccc1CNCc1ccc(OCc2ccc(Cl)cc2Cl)cc1.Cl. The number of para-hydroxylation sites is 1. The van der Waals surface area contributed by atoms with Crippen LogP contribution in [0, 0.1) is 0 Å². The summed E-state index contributed by atoms with van der Waals surface area (Å²) >= 11 is 12.1. The number of rotatable bonds is 8. The van der Waals surface area contributed by atoms with Gasteiger partial charge < -0.3 is 14.8 Å². The molecule has 0 atom stereocenters. The molecule has 0 unspecified atom stereocenters. The van der Waals surface area contributed by atoms with Gasteiger partial charge in [-0.25, -0.2) is 0 Å². The van der Waals surface area contributed by atoms with Crippen molar-refractivity contribution in [2.24, 2.45) is 0 Å². The van der Waals surface area contributed by atoms with Crippen LogP contribution in [-0.2, 0) is 19.7 Å². The molecule has 0 saturated carbocycles. The first-order valence-electron chi connectivity index (χ1n) is 8.64. The highest BCUT2D eigenvalue weighted by atomic mass is 35.5. The number of halogens is 3. The van der Waals surface area contributed by atoms with Crippen LogP contribution in [0.5, 0.6) is 11.5 Å². The summed E-state index contributed by atoms with van der Waals surface area (Å²) in [6.45, 7) is 1.92. The Morgan fingerprint density at radius 2 is 1.61 bits per heavy atom. The first-order valence-corrected chi connectivity index (χ1v) is 9.39. The minimum Gasteiger partial charge on any atom is -0.496 e. The van der Waals surface area contributed by atoms with Crippen molar-refractivity contribution < 1.29 is 9.47 Å². The fourth-order valence-corrected chi connectivity index (χ4v) is 3.16. The van der Waals surface area contributed by atoms with Crippen molar-refractivity contribution in [1.82, 2.24) is 5.32 Å². The molecule has 0 aliphatic heterocycles. The molecule has 3 rings (SSSR count). The lowest BCUT2D eigenvalue weighted by atomic mass is 10.2. The Balaban J connectivity index is 0.00000280. The van der Waals surface area contributed by atoms with E-state index in [0.29, 0.717) is 16.7 Å². The van der Waals surface area contributed by atoms with E-state index in [-0.39, 0.29) is 12.4 Å². The van der Waals surface area contributed by atoms with Crippen LogP contribution < -0.4 is 14.8 Å². The van der Waals surface area contributed by atoms with Gasteiger partial charge in [0.05, 0.1) is 7.11 Å². The first-order chi connectivity index (χ1) is 13.2. The molecule has 148 valence electrons. The number of methoxy groups -OCH3 is 1. The van der Waals surface area contributed by atoms with Crippen molar-refractivity contribution >= 4 is 35.6 Å². The monoisotopic (exact) mass is 437 g/mol. The summed E-state index contributed by atoms with van der Waals surface area (Å²) in [4.78, 5) is 0. The summed E-state index contributed by atoms with van der Waals surface area (Å²) in [5.74, 6) is 1.70. The third-order valence-electron chi connectivity index (χ3n) is 4.17. The van der Waals surface area contributed by atoms with Crippen molar-refractivity contribution in [2.75, 3.05) is 7.11 Å². The van der Waals surface area contributed by atoms with Gasteiger partial charge in [0.15, 0.2) is 0 Å². The van der Waals surface area contributed by atoms with Gasteiger partial charge in [-0.05, 0) is 35.9 Å². The quantitative estimate of drug-likeness (QED) is 0.448. The second kappa shape index (κ2) is 11.2. The summed E-state index contributed by atoms with van der Waals surface area (Å²) in [5, 5.41) is 4.66. The van der Waals surface area contributed by atoms with Crippen LogP contribution >= 0.6 is 35.6 Å². The molecule has 0 fully saturated rings. The largest absolute Gasteiger partial charge is 0.496 e. The minimum atomic E-state index is 0. The Kier molecular flexibility index (Phi) is 8.94. The van der Waals surface area contributed by atoms with Crippen LogP contribution in [0.3, 0.4) is 0 Å². The average Bonchev–Trinajstić information content (AvgIpc) is 2.69. The zero-order valence-electron chi connectivity index (χ0n) is 15.5. The van der Waals surface area contributed by atoms with Crippen molar-refractivity contribution in [3.8, 4) is 11.5 Å². The molecule has 0 heterocycles. The molecular formula is C22H22Cl3NO2. The van der Waals surface area contributed by atoms with Gasteiger partial charge in [0.25, 0.3) is 0 Å². The molecule has 3 aromatic rings. The fourth-order valence-electron chi connectivity index (χ4n) is 2.69. The van der Waals surface area contributed by atoms with Gasteiger partial charge in [0, 0.05) is 34.3 Å². The molecule has 0 saturated heterocycles. The average molecular weight is 439 g/mol. The standard InChI is InChI=1S/C22H21Cl2NO2.ClH/c1-26-22-5-3-2-4-17(22)14-25-13-16-6-10-20(11-7-16)27-15-18-8-9-19(23)12-21(18)24;/h2-12,25H,13-15H2,1H3;1H. The molecule has 0 bridgehead atoms. The molecule has 0 radical (unpaired) electrons. The van der Waals surface area contributed by atoms with E-state index < -0.39 is 0 Å². The lowest BCUT2D eigenvalue weighted by Crippen LogP contribution is -2.13. The first kappa shape index (κ1) is 22.4. The number of benzene rings is 3. The Hall–Kier alpha value is -1.91. The van der Waals surface area contributed by atoms with Gasteiger partial charge in [0.1, 0.15) is 18.1 Å². The highest BCUT2D eigenvalue weighted by molar-refractivity contribution is 6.35. The molecule has 3 nitrogen and oxygen atoms in total.